The van der Waals surface area contributed by atoms with Crippen LogP contribution in [0.1, 0.15) is 77.3 Å². The number of methoxy groups -OCH3 is 1. The van der Waals surface area contributed by atoms with Crippen molar-refractivity contribution in [1.82, 2.24) is 10.6 Å². The van der Waals surface area contributed by atoms with Crippen LogP contribution >= 0.6 is 0 Å². The number of carbonyl (C=O) groups excluding carboxylic acids is 3. The molecule has 2 unspecified atom stereocenters. The van der Waals surface area contributed by atoms with E-state index in [9.17, 15) is 19.5 Å². The summed E-state index contributed by atoms with van der Waals surface area (Å²) in [5.41, 5.74) is -1.32. The number of alkyl carbamates (subject to hydrolysis) is 1. The molecule has 5 rings (SSSR count). The summed E-state index contributed by atoms with van der Waals surface area (Å²) in [5, 5.41) is 17.2. The number of rotatable bonds is 7. The predicted octanol–water partition coefficient (Wildman–Crippen LogP) is 3.63. The molecule has 8 heteroatoms. The van der Waals surface area contributed by atoms with Crippen LogP contribution in [0.2, 0.25) is 0 Å². The van der Waals surface area contributed by atoms with Crippen LogP contribution in [0, 0.1) is 17.3 Å². The van der Waals surface area contributed by atoms with Gasteiger partial charge >= 0.3 is 12.1 Å². The average Bonchev–Trinajstić information content (AvgIpc) is 2.74. The van der Waals surface area contributed by atoms with Crippen molar-refractivity contribution < 1.29 is 29.0 Å². The molecule has 4 bridgehead atoms. The molecule has 4 saturated carbocycles. The van der Waals surface area contributed by atoms with Crippen LogP contribution in [0.3, 0.4) is 0 Å². The van der Waals surface area contributed by atoms with Crippen LogP contribution in [0.15, 0.2) is 30.3 Å². The van der Waals surface area contributed by atoms with Crippen molar-refractivity contribution in [2.75, 3.05) is 7.11 Å². The summed E-state index contributed by atoms with van der Waals surface area (Å²) in [4.78, 5) is 38.9. The zero-order valence-corrected chi connectivity index (χ0v) is 21.1. The van der Waals surface area contributed by atoms with E-state index in [0.717, 1.165) is 37.7 Å². The van der Waals surface area contributed by atoms with Crippen LogP contribution in [-0.2, 0) is 19.1 Å². The van der Waals surface area contributed by atoms with Gasteiger partial charge in [0.15, 0.2) is 0 Å². The summed E-state index contributed by atoms with van der Waals surface area (Å²) >= 11 is 0. The molecule has 8 nitrogen and oxygen atoms in total. The van der Waals surface area contributed by atoms with E-state index in [1.807, 2.05) is 30.3 Å². The van der Waals surface area contributed by atoms with Gasteiger partial charge in [0.1, 0.15) is 11.6 Å². The largest absolute Gasteiger partial charge is 0.469 e. The van der Waals surface area contributed by atoms with Crippen LogP contribution in [-0.4, -0.2) is 47.4 Å². The highest BCUT2D eigenvalue weighted by Crippen LogP contribution is 2.62. The van der Waals surface area contributed by atoms with E-state index < -0.39 is 40.8 Å². The number of amides is 2. The molecular formula is C27H38N2O6. The van der Waals surface area contributed by atoms with Gasteiger partial charge in [0.2, 0.25) is 5.91 Å². The Bertz CT molecular complexity index is 942. The van der Waals surface area contributed by atoms with E-state index in [1.165, 1.54) is 7.11 Å². The first kappa shape index (κ1) is 25.5. The van der Waals surface area contributed by atoms with Gasteiger partial charge < -0.3 is 25.2 Å². The van der Waals surface area contributed by atoms with E-state index in [2.05, 4.69) is 10.6 Å². The summed E-state index contributed by atoms with van der Waals surface area (Å²) in [5.74, 6) is -0.159. The third kappa shape index (κ3) is 5.80. The molecule has 3 N–H and O–H groups in total. The maximum absolute atomic E-state index is 13.9. The normalized spacial score (nSPS) is 30.8. The molecular weight excluding hydrogens is 448 g/mol. The Hall–Kier alpha value is -2.61. The average molecular weight is 487 g/mol. The molecule has 4 aliphatic rings. The number of carbonyl (C=O) groups is 3. The quantitative estimate of drug-likeness (QED) is 0.507. The van der Waals surface area contributed by atoms with Gasteiger partial charge in [0.25, 0.3) is 0 Å². The van der Waals surface area contributed by atoms with E-state index >= 15 is 0 Å². The van der Waals surface area contributed by atoms with Crippen LogP contribution < -0.4 is 10.6 Å². The van der Waals surface area contributed by atoms with Crippen LogP contribution in [0.5, 0.6) is 0 Å². The monoisotopic (exact) mass is 486 g/mol. The molecule has 4 aliphatic carbocycles. The van der Waals surface area contributed by atoms with Crippen molar-refractivity contribution in [1.29, 1.82) is 0 Å². The highest BCUT2D eigenvalue weighted by Gasteiger charge is 2.61. The van der Waals surface area contributed by atoms with Crippen molar-refractivity contribution in [3.05, 3.63) is 35.9 Å². The van der Waals surface area contributed by atoms with E-state index in [4.69, 9.17) is 9.47 Å². The minimum Gasteiger partial charge on any atom is -0.469 e. The van der Waals surface area contributed by atoms with Gasteiger partial charge in [-0.25, -0.2) is 4.79 Å². The molecule has 2 amide bonds. The van der Waals surface area contributed by atoms with Gasteiger partial charge in [-0.15, -0.1) is 0 Å². The van der Waals surface area contributed by atoms with Gasteiger partial charge in [-0.1, -0.05) is 30.3 Å². The molecule has 0 saturated heterocycles. The molecule has 192 valence electrons. The number of ether oxygens (including phenoxy) is 2. The smallest absolute Gasteiger partial charge is 0.408 e. The van der Waals surface area contributed by atoms with E-state index in [0.29, 0.717) is 18.3 Å². The first-order chi connectivity index (χ1) is 16.4. The van der Waals surface area contributed by atoms with Gasteiger partial charge in [-0.2, -0.15) is 0 Å². The molecule has 4 atom stereocenters. The fourth-order valence-electron chi connectivity index (χ4n) is 6.99. The molecule has 0 spiro atoms. The van der Waals surface area contributed by atoms with Crippen molar-refractivity contribution in [2.24, 2.45) is 17.3 Å². The number of aliphatic hydroxyl groups is 1. The number of hydrogen-bond acceptors (Lipinski definition) is 6. The van der Waals surface area contributed by atoms with Gasteiger partial charge in [-0.3, -0.25) is 9.59 Å². The Morgan fingerprint density at radius 1 is 1.06 bits per heavy atom. The number of hydrogen-bond donors (Lipinski definition) is 3. The maximum Gasteiger partial charge on any atom is 0.408 e. The summed E-state index contributed by atoms with van der Waals surface area (Å²) < 4.78 is 10.4. The molecule has 1 aromatic carbocycles. The predicted molar refractivity (Wildman–Crippen MR) is 129 cm³/mol. The second kappa shape index (κ2) is 9.45. The Labute approximate surface area is 207 Å². The van der Waals surface area contributed by atoms with E-state index in [1.54, 1.807) is 20.8 Å². The lowest BCUT2D eigenvalue weighted by Gasteiger charge is -2.62. The Morgan fingerprint density at radius 3 is 2.23 bits per heavy atom. The van der Waals surface area contributed by atoms with Crippen molar-refractivity contribution in [3.8, 4) is 0 Å². The zero-order valence-electron chi connectivity index (χ0n) is 21.1. The molecule has 0 radical (unpaired) electrons. The topological polar surface area (TPSA) is 114 Å². The van der Waals surface area contributed by atoms with Gasteiger partial charge in [-0.05, 0) is 76.7 Å². The highest BCUT2D eigenvalue weighted by molar-refractivity contribution is 5.87. The fraction of sp³-hybridized carbons (Fsp3) is 0.667. The van der Waals surface area contributed by atoms with Crippen LogP contribution in [0.25, 0.3) is 0 Å². The maximum atomic E-state index is 13.9. The summed E-state index contributed by atoms with van der Waals surface area (Å²) in [7, 11) is 1.31. The first-order valence-electron chi connectivity index (χ1n) is 12.5. The lowest BCUT2D eigenvalue weighted by atomic mass is 9.46. The van der Waals surface area contributed by atoms with Crippen LogP contribution in [0.4, 0.5) is 4.79 Å². The van der Waals surface area contributed by atoms with Gasteiger partial charge in [0, 0.05) is 5.41 Å². The molecule has 4 fully saturated rings. The first-order valence-corrected chi connectivity index (χ1v) is 12.5. The second-order valence-electron chi connectivity index (χ2n) is 11.9. The van der Waals surface area contributed by atoms with E-state index in [-0.39, 0.29) is 12.3 Å². The summed E-state index contributed by atoms with van der Waals surface area (Å²) in [6, 6.07) is 7.74. The van der Waals surface area contributed by atoms with Gasteiger partial charge in [0.05, 0.1) is 25.2 Å². The minimum absolute atomic E-state index is 0.0341. The molecule has 35 heavy (non-hydrogen) atoms. The molecule has 0 aliphatic heterocycles. The fourth-order valence-corrected chi connectivity index (χ4v) is 6.99. The number of esters is 1. The summed E-state index contributed by atoms with van der Waals surface area (Å²) in [6.07, 6.45) is 3.87. The number of benzene rings is 1. The highest BCUT2D eigenvalue weighted by atomic mass is 16.6. The van der Waals surface area contributed by atoms with Crippen molar-refractivity contribution in [2.45, 2.75) is 89.0 Å². The molecule has 1 aromatic rings. The number of nitrogens with one attached hydrogen (secondary N) is 2. The third-order valence-electron chi connectivity index (χ3n) is 7.73. The standard InChI is InChI=1S/C27H38N2O6/c1-25(2,3)35-24(32)29-22(26-12-17-10-18(13-26)15-27(33,14-17)16-26)23(31)28-20(11-21(30)34-4)19-8-6-5-7-9-19/h5-9,17-18,20,22,33H,10-16H2,1-4H3,(H,28,31)(H,29,32)/t17?,18?,20-,22-,26?,27?/m1/s1. The van der Waals surface area contributed by atoms with Crippen molar-refractivity contribution in [3.63, 3.8) is 0 Å². The summed E-state index contributed by atoms with van der Waals surface area (Å²) in [6.45, 7) is 5.32. The third-order valence-corrected chi connectivity index (χ3v) is 7.73. The molecule has 0 heterocycles. The Kier molecular flexibility index (Phi) is 6.88. The second-order valence-corrected chi connectivity index (χ2v) is 11.9. The molecule has 0 aromatic heterocycles. The Balaban J connectivity index is 1.63. The zero-order chi connectivity index (χ0) is 25.4. The minimum atomic E-state index is -0.890. The van der Waals surface area contributed by atoms with Crippen molar-refractivity contribution >= 4 is 18.0 Å². The lowest BCUT2D eigenvalue weighted by Crippen LogP contribution is -2.66. The Morgan fingerprint density at radius 2 is 1.69 bits per heavy atom. The SMILES string of the molecule is COC(=O)C[C@@H](NC(=O)[C@@H](NC(=O)OC(C)(C)C)C12CC3CC(CC(O)(C3)C1)C2)c1ccccc1. The lowest BCUT2D eigenvalue weighted by molar-refractivity contribution is -0.177.